The maximum Gasteiger partial charge on any atom is 0.180 e. The zero-order valence-electron chi connectivity index (χ0n) is 16.3. The van der Waals surface area contributed by atoms with Crippen LogP contribution < -0.4 is 4.74 Å². The van der Waals surface area contributed by atoms with Crippen LogP contribution in [0.1, 0.15) is 51.6 Å². The molecule has 27 heavy (non-hydrogen) atoms. The summed E-state index contributed by atoms with van der Waals surface area (Å²) < 4.78 is 5.50. The molecule has 0 saturated carbocycles. The summed E-state index contributed by atoms with van der Waals surface area (Å²) in [5.41, 5.74) is 3.43. The van der Waals surface area contributed by atoms with E-state index in [2.05, 4.69) is 4.90 Å². The van der Waals surface area contributed by atoms with Gasteiger partial charge in [0.15, 0.2) is 11.6 Å². The number of benzene rings is 2. The van der Waals surface area contributed by atoms with Gasteiger partial charge < -0.3 is 4.74 Å². The van der Waals surface area contributed by atoms with Gasteiger partial charge >= 0.3 is 0 Å². The van der Waals surface area contributed by atoms with E-state index >= 15 is 0 Å². The van der Waals surface area contributed by atoms with E-state index in [9.17, 15) is 9.59 Å². The molecule has 1 aliphatic rings. The topological polar surface area (TPSA) is 46.6 Å². The number of hydrogen-bond acceptors (Lipinski definition) is 4. The Hall–Kier alpha value is -2.46. The molecule has 3 rings (SSSR count). The lowest BCUT2D eigenvalue weighted by molar-refractivity contribution is 0.0847. The van der Waals surface area contributed by atoms with Crippen molar-refractivity contribution in [2.24, 2.45) is 0 Å². The Balaban J connectivity index is 1.94. The first-order valence-corrected chi connectivity index (χ1v) is 9.52. The summed E-state index contributed by atoms with van der Waals surface area (Å²) in [7, 11) is 1.62. The Morgan fingerprint density at radius 1 is 1.04 bits per heavy atom. The van der Waals surface area contributed by atoms with Crippen LogP contribution in [0.5, 0.6) is 5.75 Å². The number of carbonyl (C=O) groups is 2. The second kappa shape index (κ2) is 8.49. The van der Waals surface area contributed by atoms with E-state index in [4.69, 9.17) is 4.74 Å². The van der Waals surface area contributed by atoms with Gasteiger partial charge in [0.25, 0.3) is 0 Å². The number of aryl methyl sites for hydroxylation is 1. The van der Waals surface area contributed by atoms with Crippen LogP contribution in [0, 0.1) is 6.92 Å². The molecule has 142 valence electrons. The first-order chi connectivity index (χ1) is 13.0. The summed E-state index contributed by atoms with van der Waals surface area (Å²) in [6.45, 7) is 5.43. The van der Waals surface area contributed by atoms with Crippen molar-refractivity contribution < 1.29 is 14.3 Å². The van der Waals surface area contributed by atoms with Gasteiger partial charge in [0, 0.05) is 11.1 Å². The van der Waals surface area contributed by atoms with Crippen molar-refractivity contribution in [3.63, 3.8) is 0 Å². The van der Waals surface area contributed by atoms with E-state index in [-0.39, 0.29) is 17.6 Å². The molecule has 1 heterocycles. The van der Waals surface area contributed by atoms with E-state index in [0.717, 1.165) is 48.4 Å². The molecule has 1 saturated heterocycles. The molecule has 0 aromatic heterocycles. The number of hydrogen-bond donors (Lipinski definition) is 0. The summed E-state index contributed by atoms with van der Waals surface area (Å²) >= 11 is 0. The maximum atomic E-state index is 13.3. The third kappa shape index (κ3) is 4.45. The third-order valence-corrected chi connectivity index (χ3v) is 5.32. The first kappa shape index (κ1) is 19.3. The van der Waals surface area contributed by atoms with Gasteiger partial charge in [0.1, 0.15) is 5.75 Å². The van der Waals surface area contributed by atoms with Gasteiger partial charge in [-0.25, -0.2) is 0 Å². The summed E-state index contributed by atoms with van der Waals surface area (Å²) in [6.07, 6.45) is 2.77. The van der Waals surface area contributed by atoms with E-state index < -0.39 is 0 Å². The first-order valence-electron chi connectivity index (χ1n) is 9.52. The van der Waals surface area contributed by atoms with Crippen molar-refractivity contribution in [1.82, 2.24) is 4.90 Å². The second-order valence-corrected chi connectivity index (χ2v) is 7.28. The standard InChI is InChI=1S/C23H27NO3/c1-16-6-8-18(9-7-16)23(26)21(24-12-4-5-13-24)15-20-14-19(17(2)25)10-11-22(20)27-3/h6-11,14,21H,4-5,12-13,15H2,1-3H3/t21-/m0/s1. The largest absolute Gasteiger partial charge is 0.496 e. The highest BCUT2D eigenvalue weighted by atomic mass is 16.5. The van der Waals surface area contributed by atoms with Gasteiger partial charge in [-0.2, -0.15) is 0 Å². The number of Topliss-reactive ketones (excluding diaryl/α,β-unsaturated/α-hetero) is 2. The number of ether oxygens (including phenoxy) is 1. The molecule has 4 heteroatoms. The van der Waals surface area contributed by atoms with Crippen molar-refractivity contribution in [1.29, 1.82) is 0 Å². The lowest BCUT2D eigenvalue weighted by atomic mass is 9.94. The van der Waals surface area contributed by atoms with Gasteiger partial charge in [-0.3, -0.25) is 14.5 Å². The number of carbonyl (C=O) groups excluding carboxylic acids is 2. The van der Waals surface area contributed by atoms with Crippen LogP contribution in [0.4, 0.5) is 0 Å². The quantitative estimate of drug-likeness (QED) is 0.693. The minimum absolute atomic E-state index is 0.0153. The molecule has 0 amide bonds. The van der Waals surface area contributed by atoms with E-state index in [0.29, 0.717) is 12.0 Å². The molecule has 0 spiro atoms. The summed E-state index contributed by atoms with van der Waals surface area (Å²) in [5.74, 6) is 0.870. The molecular weight excluding hydrogens is 338 g/mol. The highest BCUT2D eigenvalue weighted by molar-refractivity contribution is 6.00. The average molecular weight is 365 g/mol. The van der Waals surface area contributed by atoms with Crippen molar-refractivity contribution in [3.8, 4) is 5.75 Å². The van der Waals surface area contributed by atoms with Crippen LogP contribution in [0.2, 0.25) is 0 Å². The van der Waals surface area contributed by atoms with Gasteiger partial charge in [0.2, 0.25) is 0 Å². The summed E-state index contributed by atoms with van der Waals surface area (Å²) in [4.78, 5) is 27.4. The molecule has 0 unspecified atom stereocenters. The summed E-state index contributed by atoms with van der Waals surface area (Å²) in [6, 6.07) is 13.0. The molecule has 2 aromatic carbocycles. The molecule has 0 radical (unpaired) electrons. The minimum Gasteiger partial charge on any atom is -0.496 e. The zero-order valence-corrected chi connectivity index (χ0v) is 16.3. The van der Waals surface area contributed by atoms with Crippen LogP contribution in [-0.2, 0) is 6.42 Å². The Bertz CT molecular complexity index is 820. The predicted octanol–water partition coefficient (Wildman–Crippen LogP) is 4.10. The Morgan fingerprint density at radius 2 is 1.67 bits per heavy atom. The maximum absolute atomic E-state index is 13.3. The van der Waals surface area contributed by atoms with Crippen molar-refractivity contribution in [3.05, 3.63) is 64.7 Å². The Labute approximate surface area is 161 Å². The van der Waals surface area contributed by atoms with Gasteiger partial charge in [-0.05, 0) is 70.0 Å². The average Bonchev–Trinajstić information content (AvgIpc) is 3.20. The number of ketones is 2. The van der Waals surface area contributed by atoms with E-state index in [1.54, 1.807) is 20.1 Å². The predicted molar refractivity (Wildman–Crippen MR) is 107 cm³/mol. The molecule has 0 aliphatic carbocycles. The van der Waals surface area contributed by atoms with E-state index in [1.165, 1.54) is 0 Å². The number of rotatable bonds is 7. The molecule has 4 nitrogen and oxygen atoms in total. The number of methoxy groups -OCH3 is 1. The fourth-order valence-corrected chi connectivity index (χ4v) is 3.72. The third-order valence-electron chi connectivity index (χ3n) is 5.32. The molecule has 2 aromatic rings. The number of likely N-dealkylation sites (tertiary alicyclic amines) is 1. The van der Waals surface area contributed by atoms with Crippen LogP contribution in [-0.4, -0.2) is 42.7 Å². The van der Waals surface area contributed by atoms with Crippen molar-refractivity contribution in [2.45, 2.75) is 39.2 Å². The van der Waals surface area contributed by atoms with Gasteiger partial charge in [-0.1, -0.05) is 29.8 Å². The lowest BCUT2D eigenvalue weighted by Crippen LogP contribution is -2.41. The van der Waals surface area contributed by atoms with Crippen molar-refractivity contribution >= 4 is 11.6 Å². The normalized spacial score (nSPS) is 15.5. The fourth-order valence-electron chi connectivity index (χ4n) is 3.72. The van der Waals surface area contributed by atoms with Crippen LogP contribution in [0.25, 0.3) is 0 Å². The van der Waals surface area contributed by atoms with Gasteiger partial charge in [-0.15, -0.1) is 0 Å². The second-order valence-electron chi connectivity index (χ2n) is 7.28. The smallest absolute Gasteiger partial charge is 0.180 e. The molecule has 1 atom stereocenters. The number of nitrogens with zero attached hydrogens (tertiary/aromatic N) is 1. The lowest BCUT2D eigenvalue weighted by Gasteiger charge is -2.27. The molecule has 0 N–H and O–H groups in total. The van der Waals surface area contributed by atoms with Crippen LogP contribution in [0.15, 0.2) is 42.5 Å². The molecular formula is C23H27NO3. The highest BCUT2D eigenvalue weighted by Crippen LogP contribution is 2.26. The monoisotopic (exact) mass is 365 g/mol. The minimum atomic E-state index is -0.244. The SMILES string of the molecule is COc1ccc(C(C)=O)cc1C[C@@H](C(=O)c1ccc(C)cc1)N1CCCC1. The van der Waals surface area contributed by atoms with Crippen LogP contribution in [0.3, 0.4) is 0 Å². The molecule has 1 aliphatic heterocycles. The highest BCUT2D eigenvalue weighted by Gasteiger charge is 2.30. The van der Waals surface area contributed by atoms with Crippen LogP contribution >= 0.6 is 0 Å². The fraction of sp³-hybridized carbons (Fsp3) is 0.391. The Morgan fingerprint density at radius 3 is 2.26 bits per heavy atom. The Kier molecular flexibility index (Phi) is 6.07. The van der Waals surface area contributed by atoms with Gasteiger partial charge in [0.05, 0.1) is 13.2 Å². The molecule has 1 fully saturated rings. The zero-order chi connectivity index (χ0) is 19.4. The molecule has 0 bridgehead atoms. The summed E-state index contributed by atoms with van der Waals surface area (Å²) in [5, 5.41) is 0. The van der Waals surface area contributed by atoms with Crippen molar-refractivity contribution in [2.75, 3.05) is 20.2 Å². The van der Waals surface area contributed by atoms with E-state index in [1.807, 2.05) is 43.3 Å².